The Morgan fingerprint density at radius 2 is 1.06 bits per heavy atom. The number of nitrogens with one attached hydrogen (secondary N) is 4. The van der Waals surface area contributed by atoms with Crippen molar-refractivity contribution in [2.24, 2.45) is 0 Å². The second kappa shape index (κ2) is 10.5. The first kappa shape index (κ1) is 24.7. The maximum atomic E-state index is 12.4. The first-order valence-corrected chi connectivity index (χ1v) is 11.9. The minimum atomic E-state index is -0.294. The quantitative estimate of drug-likeness (QED) is 0.229. The largest absolute Gasteiger partial charge is 0.340 e. The van der Waals surface area contributed by atoms with Crippen molar-refractivity contribution in [3.63, 3.8) is 0 Å². The summed E-state index contributed by atoms with van der Waals surface area (Å²) in [6.07, 6.45) is 0. The second-order valence-electron chi connectivity index (χ2n) is 9.79. The Balaban J connectivity index is 1.35. The molecule has 1 aromatic heterocycles. The van der Waals surface area contributed by atoms with Gasteiger partial charge < -0.3 is 21.3 Å². The van der Waals surface area contributed by atoms with Gasteiger partial charge in [0, 0.05) is 28.8 Å². The first-order valence-electron chi connectivity index (χ1n) is 11.9. The lowest BCUT2D eigenvalue weighted by molar-refractivity contribution is 0.262. The van der Waals surface area contributed by atoms with E-state index in [0.29, 0.717) is 23.1 Å². The van der Waals surface area contributed by atoms with E-state index in [4.69, 9.17) is 0 Å². The van der Waals surface area contributed by atoms with Crippen molar-refractivity contribution in [3.8, 4) is 0 Å². The number of nitrogens with zero attached hydrogens (tertiary/aromatic N) is 2. The molecule has 4 N–H and O–H groups in total. The van der Waals surface area contributed by atoms with Crippen LogP contribution in [0, 0.1) is 13.8 Å². The van der Waals surface area contributed by atoms with Crippen LogP contribution in [0.25, 0.3) is 0 Å². The molecule has 0 aliphatic rings. The predicted octanol–water partition coefficient (Wildman–Crippen LogP) is 7.52. The number of hydrogen-bond donors (Lipinski definition) is 4. The van der Waals surface area contributed by atoms with Gasteiger partial charge in [0.25, 0.3) is 0 Å². The summed E-state index contributed by atoms with van der Waals surface area (Å²) in [6, 6.07) is 25.0. The van der Waals surface area contributed by atoms with Gasteiger partial charge in [-0.1, -0.05) is 50.6 Å². The van der Waals surface area contributed by atoms with Crippen LogP contribution in [0.5, 0.6) is 0 Å². The lowest BCUT2D eigenvalue weighted by atomic mass is 9.87. The Hall–Kier alpha value is -4.39. The van der Waals surface area contributed by atoms with Gasteiger partial charge in [-0.3, -0.25) is 0 Å². The molecule has 0 aliphatic carbocycles. The molecule has 0 aliphatic heterocycles. The van der Waals surface area contributed by atoms with Crippen molar-refractivity contribution < 1.29 is 4.79 Å². The molecule has 0 spiro atoms. The van der Waals surface area contributed by atoms with Gasteiger partial charge in [0.05, 0.1) is 0 Å². The van der Waals surface area contributed by atoms with E-state index in [1.165, 1.54) is 11.1 Å². The van der Waals surface area contributed by atoms with Crippen molar-refractivity contribution in [2.45, 2.75) is 40.0 Å². The minimum absolute atomic E-state index is 0.0697. The third-order valence-corrected chi connectivity index (χ3v) is 5.59. The maximum absolute atomic E-state index is 12.4. The lowest BCUT2D eigenvalue weighted by Gasteiger charge is -2.19. The summed E-state index contributed by atoms with van der Waals surface area (Å²) in [6.45, 7) is 10.4. The fourth-order valence-electron chi connectivity index (χ4n) is 3.61. The second-order valence-corrected chi connectivity index (χ2v) is 9.79. The van der Waals surface area contributed by atoms with Gasteiger partial charge in [0.15, 0.2) is 0 Å². The van der Waals surface area contributed by atoms with Crippen molar-refractivity contribution >= 4 is 40.4 Å². The number of aromatic nitrogens is 2. The highest BCUT2D eigenvalue weighted by Gasteiger charge is 2.13. The molecule has 0 bridgehead atoms. The summed E-state index contributed by atoms with van der Waals surface area (Å²) in [5, 5.41) is 12.3. The fraction of sp³-hybridized carbons (Fsp3) is 0.207. The molecule has 2 amide bonds. The Kier molecular flexibility index (Phi) is 7.20. The van der Waals surface area contributed by atoms with E-state index >= 15 is 0 Å². The van der Waals surface area contributed by atoms with E-state index < -0.39 is 0 Å². The van der Waals surface area contributed by atoms with Gasteiger partial charge in [-0.15, -0.1) is 0 Å². The average Bonchev–Trinajstić information content (AvgIpc) is 2.81. The number of anilines is 6. The van der Waals surface area contributed by atoms with Crippen LogP contribution in [0.1, 0.15) is 37.7 Å². The van der Waals surface area contributed by atoms with Crippen molar-refractivity contribution in [3.05, 3.63) is 95.8 Å². The van der Waals surface area contributed by atoms with Crippen LogP contribution in [-0.4, -0.2) is 16.0 Å². The number of rotatable bonds is 6. The highest BCUT2D eigenvalue weighted by molar-refractivity contribution is 5.99. The molecule has 3 aromatic carbocycles. The monoisotopic (exact) mass is 480 g/mol. The summed E-state index contributed by atoms with van der Waals surface area (Å²) in [4.78, 5) is 21.4. The van der Waals surface area contributed by atoms with Crippen LogP contribution >= 0.6 is 0 Å². The predicted molar refractivity (Wildman–Crippen MR) is 149 cm³/mol. The molecule has 184 valence electrons. The molecule has 0 radical (unpaired) electrons. The highest BCUT2D eigenvalue weighted by atomic mass is 16.2. The van der Waals surface area contributed by atoms with Crippen molar-refractivity contribution in [2.75, 3.05) is 21.3 Å². The minimum Gasteiger partial charge on any atom is -0.340 e. The molecule has 0 atom stereocenters. The summed E-state index contributed by atoms with van der Waals surface area (Å²) < 4.78 is 0. The number of benzene rings is 3. The Bertz CT molecular complexity index is 1320. The topological polar surface area (TPSA) is 91.0 Å². The summed E-state index contributed by atoms with van der Waals surface area (Å²) in [5.74, 6) is 2.04. The zero-order valence-electron chi connectivity index (χ0n) is 21.3. The lowest BCUT2D eigenvalue weighted by Crippen LogP contribution is -2.19. The first-order chi connectivity index (χ1) is 17.1. The van der Waals surface area contributed by atoms with Gasteiger partial charge in [0.1, 0.15) is 17.5 Å². The van der Waals surface area contributed by atoms with Crippen molar-refractivity contribution in [1.29, 1.82) is 0 Å². The average molecular weight is 481 g/mol. The normalized spacial score (nSPS) is 11.0. The summed E-state index contributed by atoms with van der Waals surface area (Å²) in [5.41, 5.74) is 5.72. The van der Waals surface area contributed by atoms with Crippen LogP contribution in [0.15, 0.2) is 78.9 Å². The van der Waals surface area contributed by atoms with Gasteiger partial charge in [0.2, 0.25) is 0 Å². The van der Waals surface area contributed by atoms with Crippen molar-refractivity contribution in [1.82, 2.24) is 9.97 Å². The smallest absolute Gasteiger partial charge is 0.323 e. The SMILES string of the molecule is Cc1ccc(Nc2cc(Nc3ccc(NC(=O)Nc4ccc(C(C)(C)C)cc4)cc3)nc(C)n2)cc1. The van der Waals surface area contributed by atoms with E-state index in [1.54, 1.807) is 0 Å². The zero-order valence-corrected chi connectivity index (χ0v) is 21.3. The number of hydrogen-bond acceptors (Lipinski definition) is 5. The highest BCUT2D eigenvalue weighted by Crippen LogP contribution is 2.24. The Labute approximate surface area is 212 Å². The molecule has 4 aromatic rings. The van der Waals surface area contributed by atoms with Crippen LogP contribution in [0.2, 0.25) is 0 Å². The molecule has 1 heterocycles. The van der Waals surface area contributed by atoms with Crippen LogP contribution in [0.4, 0.5) is 39.2 Å². The maximum Gasteiger partial charge on any atom is 0.323 e. The van der Waals surface area contributed by atoms with E-state index in [1.807, 2.05) is 85.8 Å². The molecular formula is C29H32N6O. The van der Waals surface area contributed by atoms with E-state index in [2.05, 4.69) is 58.9 Å². The molecule has 36 heavy (non-hydrogen) atoms. The molecule has 4 rings (SSSR count). The molecule has 0 fully saturated rings. The van der Waals surface area contributed by atoms with Gasteiger partial charge >= 0.3 is 6.03 Å². The van der Waals surface area contributed by atoms with E-state index in [0.717, 1.165) is 17.1 Å². The Morgan fingerprint density at radius 3 is 1.53 bits per heavy atom. The number of carbonyl (C=O) groups is 1. The molecule has 0 unspecified atom stereocenters. The van der Waals surface area contributed by atoms with E-state index in [-0.39, 0.29) is 11.4 Å². The molecule has 7 nitrogen and oxygen atoms in total. The van der Waals surface area contributed by atoms with Crippen LogP contribution in [-0.2, 0) is 5.41 Å². The summed E-state index contributed by atoms with van der Waals surface area (Å²) in [7, 11) is 0. The van der Waals surface area contributed by atoms with E-state index in [9.17, 15) is 4.79 Å². The van der Waals surface area contributed by atoms with Gasteiger partial charge in [-0.2, -0.15) is 0 Å². The standard InChI is InChI=1S/C29H32N6O/c1-19-6-10-22(11-7-19)32-26-18-27(31-20(2)30-26)33-23-14-16-25(17-15-23)35-28(36)34-24-12-8-21(9-13-24)29(3,4)5/h6-18H,1-5H3,(H2,34,35,36)(H2,30,31,32,33). The van der Waals surface area contributed by atoms with Gasteiger partial charge in [-0.25, -0.2) is 14.8 Å². The zero-order chi connectivity index (χ0) is 25.7. The molecule has 0 saturated carbocycles. The molecule has 7 heteroatoms. The number of aryl methyl sites for hydroxylation is 2. The number of amides is 2. The van der Waals surface area contributed by atoms with Gasteiger partial charge in [-0.05, 0) is 73.4 Å². The molecule has 0 saturated heterocycles. The number of carbonyl (C=O) groups excluding carboxylic acids is 1. The third kappa shape index (κ3) is 6.82. The summed E-state index contributed by atoms with van der Waals surface area (Å²) >= 11 is 0. The van der Waals surface area contributed by atoms with Crippen LogP contribution in [0.3, 0.4) is 0 Å². The van der Waals surface area contributed by atoms with Crippen LogP contribution < -0.4 is 21.3 Å². The fourth-order valence-corrected chi connectivity index (χ4v) is 3.61. The molecular weight excluding hydrogens is 448 g/mol. The number of urea groups is 1. The Morgan fingerprint density at radius 1 is 0.639 bits per heavy atom. The third-order valence-electron chi connectivity index (χ3n) is 5.59.